The van der Waals surface area contributed by atoms with E-state index in [0.717, 1.165) is 12.0 Å². The predicted molar refractivity (Wildman–Crippen MR) is 89.1 cm³/mol. The Morgan fingerprint density at radius 2 is 1.70 bits per heavy atom. The first-order valence-electron chi connectivity index (χ1n) is 7.65. The van der Waals surface area contributed by atoms with Crippen LogP contribution >= 0.6 is 0 Å². The lowest BCUT2D eigenvalue weighted by Crippen LogP contribution is -2.30. The van der Waals surface area contributed by atoms with Crippen molar-refractivity contribution in [3.63, 3.8) is 0 Å². The Morgan fingerprint density at radius 3 is 2.26 bits per heavy atom. The van der Waals surface area contributed by atoms with Crippen molar-refractivity contribution in [3.05, 3.63) is 71.3 Å². The lowest BCUT2D eigenvalue weighted by Gasteiger charge is -2.18. The van der Waals surface area contributed by atoms with Crippen LogP contribution in [0, 0.1) is 0 Å². The normalized spacial score (nSPS) is 11.6. The summed E-state index contributed by atoms with van der Waals surface area (Å²) in [5.41, 5.74) is 2.63. The molecule has 1 amide bonds. The topological polar surface area (TPSA) is 55.4 Å². The van der Waals surface area contributed by atoms with Crippen LogP contribution in [-0.2, 0) is 16.0 Å². The molecular formula is C19H21NO3. The molecule has 0 aliphatic heterocycles. The molecule has 1 N–H and O–H groups in total. The van der Waals surface area contributed by atoms with Crippen LogP contribution in [0.4, 0.5) is 0 Å². The number of aryl methyl sites for hydroxylation is 1. The third-order valence-electron chi connectivity index (χ3n) is 3.73. The Morgan fingerprint density at radius 1 is 1.04 bits per heavy atom. The molecule has 0 bridgehead atoms. The van der Waals surface area contributed by atoms with Crippen molar-refractivity contribution in [3.8, 4) is 0 Å². The van der Waals surface area contributed by atoms with Gasteiger partial charge < -0.3 is 10.1 Å². The van der Waals surface area contributed by atoms with Gasteiger partial charge in [0.2, 0.25) is 0 Å². The van der Waals surface area contributed by atoms with E-state index in [-0.39, 0.29) is 18.3 Å². The summed E-state index contributed by atoms with van der Waals surface area (Å²) in [4.78, 5) is 24.1. The van der Waals surface area contributed by atoms with E-state index < -0.39 is 6.04 Å². The van der Waals surface area contributed by atoms with Gasteiger partial charge in [-0.15, -0.1) is 0 Å². The second-order valence-corrected chi connectivity index (χ2v) is 5.27. The molecule has 120 valence electrons. The SMILES string of the molecule is CCc1ccc(C(=O)NC(CC(=O)OC)c2ccccc2)cc1. The number of carbonyl (C=O) groups is 2. The minimum atomic E-state index is -0.415. The minimum Gasteiger partial charge on any atom is -0.469 e. The molecule has 0 saturated heterocycles. The highest BCUT2D eigenvalue weighted by Crippen LogP contribution is 2.18. The van der Waals surface area contributed by atoms with Gasteiger partial charge in [-0.3, -0.25) is 9.59 Å². The number of hydrogen-bond donors (Lipinski definition) is 1. The number of hydrogen-bond acceptors (Lipinski definition) is 3. The van der Waals surface area contributed by atoms with E-state index >= 15 is 0 Å². The first kappa shape index (κ1) is 16.7. The molecule has 0 fully saturated rings. The predicted octanol–water partition coefficient (Wildman–Crippen LogP) is 3.28. The first-order chi connectivity index (χ1) is 11.1. The monoisotopic (exact) mass is 311 g/mol. The maximum atomic E-state index is 12.4. The number of methoxy groups -OCH3 is 1. The van der Waals surface area contributed by atoms with Gasteiger partial charge in [0, 0.05) is 5.56 Å². The van der Waals surface area contributed by atoms with Crippen LogP contribution < -0.4 is 5.32 Å². The maximum absolute atomic E-state index is 12.4. The zero-order valence-corrected chi connectivity index (χ0v) is 13.4. The Bertz CT molecular complexity index is 650. The fourth-order valence-corrected chi connectivity index (χ4v) is 2.32. The highest BCUT2D eigenvalue weighted by Gasteiger charge is 2.19. The molecule has 23 heavy (non-hydrogen) atoms. The number of ether oxygens (including phenoxy) is 1. The van der Waals surface area contributed by atoms with Gasteiger partial charge in [0.25, 0.3) is 5.91 Å². The zero-order valence-electron chi connectivity index (χ0n) is 13.4. The number of esters is 1. The van der Waals surface area contributed by atoms with Gasteiger partial charge in [-0.05, 0) is 29.7 Å². The molecule has 0 aliphatic carbocycles. The molecule has 0 saturated carbocycles. The van der Waals surface area contributed by atoms with Crippen LogP contribution in [0.25, 0.3) is 0 Å². The van der Waals surface area contributed by atoms with Crippen molar-refractivity contribution in [1.82, 2.24) is 5.32 Å². The summed E-state index contributed by atoms with van der Waals surface area (Å²) in [6.45, 7) is 2.07. The summed E-state index contributed by atoms with van der Waals surface area (Å²) in [5, 5.41) is 2.91. The van der Waals surface area contributed by atoms with Crippen LogP contribution in [0.15, 0.2) is 54.6 Å². The summed E-state index contributed by atoms with van der Waals surface area (Å²) in [5.74, 6) is -0.564. The van der Waals surface area contributed by atoms with Gasteiger partial charge in [-0.2, -0.15) is 0 Å². The average Bonchev–Trinajstić information content (AvgIpc) is 2.61. The number of carbonyl (C=O) groups excluding carboxylic acids is 2. The molecule has 1 unspecified atom stereocenters. The highest BCUT2D eigenvalue weighted by molar-refractivity contribution is 5.94. The molecular weight excluding hydrogens is 290 g/mol. The molecule has 0 radical (unpaired) electrons. The molecule has 0 aromatic heterocycles. The van der Waals surface area contributed by atoms with Crippen LogP contribution in [0.3, 0.4) is 0 Å². The standard InChI is InChI=1S/C19H21NO3/c1-3-14-9-11-16(12-10-14)19(22)20-17(13-18(21)23-2)15-7-5-4-6-8-15/h4-12,17H,3,13H2,1-2H3,(H,20,22). The summed E-state index contributed by atoms with van der Waals surface area (Å²) in [6.07, 6.45) is 1.02. The van der Waals surface area contributed by atoms with E-state index in [9.17, 15) is 9.59 Å². The lowest BCUT2D eigenvalue weighted by atomic mass is 10.0. The van der Waals surface area contributed by atoms with Crippen LogP contribution in [0.2, 0.25) is 0 Å². The fraction of sp³-hybridized carbons (Fsp3) is 0.263. The van der Waals surface area contributed by atoms with E-state index in [1.165, 1.54) is 12.7 Å². The number of nitrogens with one attached hydrogen (secondary N) is 1. The van der Waals surface area contributed by atoms with Crippen LogP contribution in [-0.4, -0.2) is 19.0 Å². The summed E-state index contributed by atoms with van der Waals surface area (Å²) in [7, 11) is 1.34. The van der Waals surface area contributed by atoms with Crippen molar-refractivity contribution in [1.29, 1.82) is 0 Å². The second kappa shape index (κ2) is 8.13. The van der Waals surface area contributed by atoms with E-state index in [1.54, 1.807) is 12.1 Å². The third kappa shape index (κ3) is 4.68. The van der Waals surface area contributed by atoms with Gasteiger partial charge in [0.15, 0.2) is 0 Å². The van der Waals surface area contributed by atoms with Gasteiger partial charge in [-0.1, -0.05) is 49.4 Å². The van der Waals surface area contributed by atoms with Gasteiger partial charge in [0.1, 0.15) is 0 Å². The Labute approximate surface area is 136 Å². The quantitative estimate of drug-likeness (QED) is 0.833. The van der Waals surface area contributed by atoms with Crippen molar-refractivity contribution in [2.24, 2.45) is 0 Å². The van der Waals surface area contributed by atoms with Crippen LogP contribution in [0.5, 0.6) is 0 Å². The summed E-state index contributed by atoms with van der Waals surface area (Å²) >= 11 is 0. The molecule has 0 spiro atoms. The largest absolute Gasteiger partial charge is 0.469 e. The summed E-state index contributed by atoms with van der Waals surface area (Å²) in [6, 6.07) is 16.5. The van der Waals surface area contributed by atoms with E-state index in [4.69, 9.17) is 4.74 Å². The van der Waals surface area contributed by atoms with E-state index in [1.807, 2.05) is 42.5 Å². The third-order valence-corrected chi connectivity index (χ3v) is 3.73. The van der Waals surface area contributed by atoms with E-state index in [2.05, 4.69) is 12.2 Å². The lowest BCUT2D eigenvalue weighted by molar-refractivity contribution is -0.141. The van der Waals surface area contributed by atoms with Gasteiger partial charge >= 0.3 is 5.97 Å². The first-order valence-corrected chi connectivity index (χ1v) is 7.65. The number of rotatable bonds is 6. The molecule has 0 aliphatic rings. The minimum absolute atomic E-state index is 0.0965. The highest BCUT2D eigenvalue weighted by atomic mass is 16.5. The Hall–Kier alpha value is -2.62. The van der Waals surface area contributed by atoms with Gasteiger partial charge in [-0.25, -0.2) is 0 Å². The van der Waals surface area contributed by atoms with Crippen molar-refractivity contribution >= 4 is 11.9 Å². The average molecular weight is 311 g/mol. The smallest absolute Gasteiger partial charge is 0.307 e. The van der Waals surface area contributed by atoms with Crippen LogP contribution in [0.1, 0.15) is 40.9 Å². The van der Waals surface area contributed by atoms with Crippen molar-refractivity contribution in [2.45, 2.75) is 25.8 Å². The second-order valence-electron chi connectivity index (χ2n) is 5.27. The fourth-order valence-electron chi connectivity index (χ4n) is 2.32. The van der Waals surface area contributed by atoms with Crippen molar-refractivity contribution in [2.75, 3.05) is 7.11 Å². The van der Waals surface area contributed by atoms with E-state index in [0.29, 0.717) is 5.56 Å². The zero-order chi connectivity index (χ0) is 16.7. The molecule has 0 heterocycles. The Kier molecular flexibility index (Phi) is 5.92. The van der Waals surface area contributed by atoms with Crippen molar-refractivity contribution < 1.29 is 14.3 Å². The Balaban J connectivity index is 2.15. The molecule has 2 rings (SSSR count). The maximum Gasteiger partial charge on any atom is 0.307 e. The number of amides is 1. The molecule has 4 nitrogen and oxygen atoms in total. The van der Waals surface area contributed by atoms with Gasteiger partial charge in [0.05, 0.1) is 19.6 Å². The number of benzene rings is 2. The molecule has 2 aromatic rings. The molecule has 4 heteroatoms. The summed E-state index contributed by atoms with van der Waals surface area (Å²) < 4.78 is 4.73. The molecule has 1 atom stereocenters. The molecule has 2 aromatic carbocycles.